The molecule has 2 aromatic heterocycles. The van der Waals surface area contributed by atoms with E-state index in [1.807, 2.05) is 30.3 Å². The number of hydrogen-bond donors (Lipinski definition) is 3. The van der Waals surface area contributed by atoms with E-state index in [4.69, 9.17) is 16.1 Å². The van der Waals surface area contributed by atoms with E-state index in [1.165, 1.54) is 18.1 Å². The number of thiazole rings is 1. The Morgan fingerprint density at radius 3 is 2.77 bits per heavy atom. The number of rotatable bonds is 5. The number of benzene rings is 2. The molecule has 0 amide bonds. The Bertz CT molecular complexity index is 1070. The maximum Gasteiger partial charge on any atom is 0.161 e. The third-order valence-electron chi connectivity index (χ3n) is 3.94. The highest BCUT2D eigenvalue weighted by Crippen LogP contribution is 2.28. The summed E-state index contributed by atoms with van der Waals surface area (Å²) in [6.07, 6.45) is 3.53. The number of nitrogens with zero attached hydrogens (tertiary/aromatic N) is 3. The number of hydrogen-bond acceptors (Lipinski definition) is 7. The van der Waals surface area contributed by atoms with Gasteiger partial charge in [0.2, 0.25) is 0 Å². The first-order valence-corrected chi connectivity index (χ1v) is 8.86. The molecule has 0 atom stereocenters. The fraction of sp³-hybridized carbons (Fsp3) is 0.0526. The minimum Gasteiger partial charge on any atom is -0.398 e. The lowest BCUT2D eigenvalue weighted by molar-refractivity contribution is 1.14. The summed E-state index contributed by atoms with van der Waals surface area (Å²) < 4.78 is 0. The first-order chi connectivity index (χ1) is 12.7. The largest absolute Gasteiger partial charge is 0.398 e. The van der Waals surface area contributed by atoms with Crippen LogP contribution in [0.1, 0.15) is 16.1 Å². The van der Waals surface area contributed by atoms with Gasteiger partial charge in [-0.15, -0.1) is 0 Å². The molecular weight excluding hydrogens is 344 g/mol. The molecule has 0 saturated heterocycles. The van der Waals surface area contributed by atoms with Gasteiger partial charge >= 0.3 is 0 Å². The highest BCUT2D eigenvalue weighted by Gasteiger charge is 2.12. The number of nitrogens with one attached hydrogen (secondary N) is 2. The predicted octanol–water partition coefficient (Wildman–Crippen LogP) is 4.00. The third-order valence-corrected chi connectivity index (χ3v) is 4.91. The van der Waals surface area contributed by atoms with Crippen LogP contribution in [-0.4, -0.2) is 21.2 Å². The minimum atomic E-state index is 0.567. The number of fused-ring (bicyclic) bond motifs is 1. The molecule has 6 nitrogen and oxygen atoms in total. The number of anilines is 3. The molecule has 0 bridgehead atoms. The molecule has 0 radical (unpaired) electrons. The van der Waals surface area contributed by atoms with Crippen LogP contribution in [0.15, 0.2) is 54.9 Å². The fourth-order valence-corrected chi connectivity index (χ4v) is 3.59. The van der Waals surface area contributed by atoms with Gasteiger partial charge < -0.3 is 16.5 Å². The van der Waals surface area contributed by atoms with Crippen LogP contribution in [0, 0.1) is 5.41 Å². The molecule has 0 aliphatic rings. The van der Waals surface area contributed by atoms with E-state index in [-0.39, 0.29) is 0 Å². The van der Waals surface area contributed by atoms with Gasteiger partial charge in [0.1, 0.15) is 16.7 Å². The van der Waals surface area contributed by atoms with E-state index in [2.05, 4.69) is 27.4 Å². The zero-order valence-electron chi connectivity index (χ0n) is 13.8. The summed E-state index contributed by atoms with van der Waals surface area (Å²) in [6, 6.07) is 15.7. The van der Waals surface area contributed by atoms with Crippen LogP contribution < -0.4 is 11.1 Å². The molecule has 2 heterocycles. The van der Waals surface area contributed by atoms with Gasteiger partial charge in [0.25, 0.3) is 0 Å². The molecule has 0 unspecified atom stereocenters. The molecule has 0 spiro atoms. The lowest BCUT2D eigenvalue weighted by Gasteiger charge is -2.08. The average molecular weight is 360 g/mol. The van der Waals surface area contributed by atoms with Crippen molar-refractivity contribution in [2.24, 2.45) is 0 Å². The summed E-state index contributed by atoms with van der Waals surface area (Å²) in [7, 11) is 0. The maximum atomic E-state index is 7.43. The van der Waals surface area contributed by atoms with Gasteiger partial charge in [0, 0.05) is 29.6 Å². The van der Waals surface area contributed by atoms with Gasteiger partial charge in [-0.25, -0.2) is 15.0 Å². The van der Waals surface area contributed by atoms with E-state index in [0.717, 1.165) is 27.5 Å². The summed E-state index contributed by atoms with van der Waals surface area (Å²) >= 11 is 1.57. The molecule has 128 valence electrons. The maximum absolute atomic E-state index is 7.43. The smallest absolute Gasteiger partial charge is 0.161 e. The van der Waals surface area contributed by atoms with Crippen LogP contribution in [0.2, 0.25) is 0 Å². The second kappa shape index (κ2) is 6.89. The Hall–Kier alpha value is -3.32. The Morgan fingerprint density at radius 1 is 1.12 bits per heavy atom. The van der Waals surface area contributed by atoms with Gasteiger partial charge in [-0.1, -0.05) is 41.7 Å². The molecule has 2 aromatic carbocycles. The Balaban J connectivity index is 1.66. The van der Waals surface area contributed by atoms with E-state index in [0.29, 0.717) is 17.1 Å². The van der Waals surface area contributed by atoms with Crippen LogP contribution in [-0.2, 0) is 6.42 Å². The highest BCUT2D eigenvalue weighted by atomic mass is 32.1. The first-order valence-electron chi connectivity index (χ1n) is 8.04. The van der Waals surface area contributed by atoms with E-state index in [1.54, 1.807) is 17.4 Å². The number of nitrogens with two attached hydrogens (primary N) is 1. The van der Waals surface area contributed by atoms with Crippen LogP contribution in [0.3, 0.4) is 0 Å². The van der Waals surface area contributed by atoms with Crippen LogP contribution in [0.4, 0.5) is 17.2 Å². The van der Waals surface area contributed by atoms with Crippen molar-refractivity contribution >= 4 is 45.1 Å². The Kier molecular flexibility index (Phi) is 4.28. The summed E-state index contributed by atoms with van der Waals surface area (Å²) in [5.74, 6) is 0.645. The van der Waals surface area contributed by atoms with Crippen LogP contribution >= 0.6 is 11.3 Å². The molecule has 4 aromatic rings. The lowest BCUT2D eigenvalue weighted by atomic mass is 10.1. The van der Waals surface area contributed by atoms with Gasteiger partial charge in [0.15, 0.2) is 5.82 Å². The number of nitrogen functional groups attached to an aromatic ring is 1. The van der Waals surface area contributed by atoms with Crippen molar-refractivity contribution in [3.63, 3.8) is 0 Å². The van der Waals surface area contributed by atoms with E-state index >= 15 is 0 Å². The summed E-state index contributed by atoms with van der Waals surface area (Å²) in [5.41, 5.74) is 9.83. The standard InChI is InChI=1S/C19H16N6S/c20-10-13-9-14(6-7-15(13)21)24-18-17-19(23-11-22-18)26-16(25-17)8-12-4-2-1-3-5-12/h1-7,9-11,20H,8,21H2,(H,22,23,24). The van der Waals surface area contributed by atoms with Crippen molar-refractivity contribution in [1.82, 2.24) is 15.0 Å². The third kappa shape index (κ3) is 3.25. The molecular formula is C19H16N6S. The second-order valence-electron chi connectivity index (χ2n) is 5.76. The zero-order chi connectivity index (χ0) is 17.9. The summed E-state index contributed by atoms with van der Waals surface area (Å²) in [5, 5.41) is 11.7. The summed E-state index contributed by atoms with van der Waals surface area (Å²) in [6.45, 7) is 0. The second-order valence-corrected chi connectivity index (χ2v) is 6.82. The van der Waals surface area contributed by atoms with Crippen molar-refractivity contribution < 1.29 is 0 Å². The fourth-order valence-electron chi connectivity index (χ4n) is 2.65. The quantitative estimate of drug-likeness (QED) is 0.369. The normalized spacial score (nSPS) is 10.8. The van der Waals surface area contributed by atoms with Crippen molar-refractivity contribution in [3.8, 4) is 0 Å². The summed E-state index contributed by atoms with van der Waals surface area (Å²) in [4.78, 5) is 14.2. The molecule has 4 rings (SSSR count). The zero-order valence-corrected chi connectivity index (χ0v) is 14.6. The monoisotopic (exact) mass is 360 g/mol. The van der Waals surface area contributed by atoms with Gasteiger partial charge in [-0.3, -0.25) is 0 Å². The van der Waals surface area contributed by atoms with Gasteiger partial charge in [-0.05, 0) is 23.8 Å². The molecule has 0 aliphatic carbocycles. The molecule has 26 heavy (non-hydrogen) atoms. The van der Waals surface area contributed by atoms with E-state index in [9.17, 15) is 0 Å². The average Bonchev–Trinajstić information content (AvgIpc) is 3.07. The van der Waals surface area contributed by atoms with Crippen molar-refractivity contribution in [2.45, 2.75) is 6.42 Å². The number of aromatic nitrogens is 3. The van der Waals surface area contributed by atoms with E-state index < -0.39 is 0 Å². The Morgan fingerprint density at radius 2 is 1.96 bits per heavy atom. The molecule has 0 fully saturated rings. The Labute approximate surface area is 154 Å². The van der Waals surface area contributed by atoms with Crippen molar-refractivity contribution in [3.05, 3.63) is 71.0 Å². The first kappa shape index (κ1) is 16.2. The van der Waals surface area contributed by atoms with Crippen molar-refractivity contribution in [1.29, 1.82) is 5.41 Å². The molecule has 0 saturated carbocycles. The predicted molar refractivity (Wildman–Crippen MR) is 106 cm³/mol. The SMILES string of the molecule is N=Cc1cc(Nc2ncnc3sc(Cc4ccccc4)nc23)ccc1N. The van der Waals surface area contributed by atoms with Gasteiger partial charge in [-0.2, -0.15) is 0 Å². The van der Waals surface area contributed by atoms with Crippen LogP contribution in [0.25, 0.3) is 10.3 Å². The molecule has 0 aliphatic heterocycles. The lowest BCUT2D eigenvalue weighted by Crippen LogP contribution is -1.98. The van der Waals surface area contributed by atoms with Crippen molar-refractivity contribution in [2.75, 3.05) is 11.1 Å². The van der Waals surface area contributed by atoms with Crippen LogP contribution in [0.5, 0.6) is 0 Å². The molecule has 7 heteroatoms. The topological polar surface area (TPSA) is 101 Å². The highest BCUT2D eigenvalue weighted by molar-refractivity contribution is 7.18. The molecule has 4 N–H and O–H groups in total. The minimum absolute atomic E-state index is 0.567. The van der Waals surface area contributed by atoms with Gasteiger partial charge in [0.05, 0.1) is 5.01 Å².